The first kappa shape index (κ1) is 23.3. The van der Waals surface area contributed by atoms with Crippen molar-refractivity contribution in [2.75, 3.05) is 18.0 Å². The highest BCUT2D eigenvalue weighted by Gasteiger charge is 2.37. The van der Waals surface area contributed by atoms with E-state index in [1.54, 1.807) is 6.33 Å². The molecule has 5 rings (SSSR count). The Balaban J connectivity index is 1.53. The second kappa shape index (κ2) is 8.66. The second-order valence-corrected chi connectivity index (χ2v) is 11.7. The maximum Gasteiger partial charge on any atom is 0.410 e. The zero-order valence-corrected chi connectivity index (χ0v) is 22.5. The van der Waals surface area contributed by atoms with Crippen LogP contribution in [-0.2, 0) is 4.74 Å². The van der Waals surface area contributed by atoms with E-state index in [0.717, 1.165) is 26.2 Å². The van der Waals surface area contributed by atoms with Gasteiger partial charge in [-0.15, -0.1) is 0 Å². The number of carbonyl (C=O) groups is 1. The highest BCUT2D eigenvalue weighted by atomic mass is 127. The molecule has 3 aromatic rings. The van der Waals surface area contributed by atoms with Crippen LogP contribution in [0.5, 0.6) is 0 Å². The van der Waals surface area contributed by atoms with Crippen molar-refractivity contribution < 1.29 is 9.53 Å². The number of hydrogen-bond donors (Lipinski definition) is 0. The number of rotatable bonds is 3. The Morgan fingerprint density at radius 1 is 1.12 bits per heavy atom. The number of aromatic nitrogens is 4. The Kier molecular flexibility index (Phi) is 5.94. The van der Waals surface area contributed by atoms with E-state index in [1.807, 2.05) is 37.9 Å². The molecule has 34 heavy (non-hydrogen) atoms. The van der Waals surface area contributed by atoms with Gasteiger partial charge in [0.1, 0.15) is 23.6 Å². The maximum absolute atomic E-state index is 12.8. The highest BCUT2D eigenvalue weighted by molar-refractivity contribution is 14.1. The minimum Gasteiger partial charge on any atom is -0.444 e. The van der Waals surface area contributed by atoms with E-state index in [0.29, 0.717) is 19.0 Å². The van der Waals surface area contributed by atoms with Crippen LogP contribution in [0.25, 0.3) is 16.9 Å². The van der Waals surface area contributed by atoms with Crippen molar-refractivity contribution in [2.24, 2.45) is 0 Å². The lowest BCUT2D eigenvalue weighted by molar-refractivity contribution is 0.0130. The van der Waals surface area contributed by atoms with Crippen LogP contribution in [0, 0.1) is 3.57 Å². The minimum absolute atomic E-state index is 0.0000976. The van der Waals surface area contributed by atoms with Crippen LogP contribution in [-0.4, -0.2) is 61.3 Å². The molecule has 1 amide bonds. The number of piperazine rings is 1. The summed E-state index contributed by atoms with van der Waals surface area (Å²) in [5, 5.41) is 1.11. The van der Waals surface area contributed by atoms with Gasteiger partial charge >= 0.3 is 6.09 Å². The highest BCUT2D eigenvalue weighted by Crippen LogP contribution is 2.46. The summed E-state index contributed by atoms with van der Waals surface area (Å²) in [4.78, 5) is 31.1. The summed E-state index contributed by atoms with van der Waals surface area (Å²) in [5.41, 5.74) is 1.66. The van der Waals surface area contributed by atoms with E-state index in [4.69, 9.17) is 14.7 Å². The average Bonchev–Trinajstić information content (AvgIpc) is 3.53. The number of nitrogens with zero attached hydrogens (tertiary/aromatic N) is 6. The van der Waals surface area contributed by atoms with Crippen molar-refractivity contribution >= 4 is 45.5 Å². The van der Waals surface area contributed by atoms with Gasteiger partial charge in [-0.2, -0.15) is 0 Å². The van der Waals surface area contributed by atoms with Crippen LogP contribution < -0.4 is 4.90 Å². The molecule has 0 aromatic carbocycles. The number of hydrogen-bond acceptors (Lipinski definition) is 6. The van der Waals surface area contributed by atoms with Crippen molar-refractivity contribution in [1.82, 2.24) is 24.4 Å². The molecule has 1 saturated heterocycles. The van der Waals surface area contributed by atoms with Gasteiger partial charge in [-0.05, 0) is 93.7 Å². The van der Waals surface area contributed by atoms with Gasteiger partial charge < -0.3 is 14.5 Å². The van der Waals surface area contributed by atoms with Crippen molar-refractivity contribution in [3.63, 3.8) is 0 Å². The van der Waals surface area contributed by atoms with Crippen LogP contribution in [0.3, 0.4) is 0 Å². The van der Waals surface area contributed by atoms with Crippen molar-refractivity contribution in [3.8, 4) is 5.82 Å². The molecule has 0 spiro atoms. The molecule has 8 nitrogen and oxygen atoms in total. The number of ether oxygens (including phenoxy) is 1. The van der Waals surface area contributed by atoms with Gasteiger partial charge in [-0.1, -0.05) is 0 Å². The Labute approximate surface area is 213 Å². The molecule has 0 bridgehead atoms. The maximum atomic E-state index is 12.8. The Hall–Kier alpha value is -2.43. The molecule has 3 aromatic heterocycles. The molecular weight excluding hydrogens is 543 g/mol. The molecule has 4 heterocycles. The third kappa shape index (κ3) is 4.46. The standard InChI is InChI=1S/C25H31IN6O2/c1-15-12-31(24(33)34-25(3,4)5)16(2)11-30(15)22-21-19(17-6-7-17)13-32(23(21)29-14-28-22)20-10-18(26)8-9-27-20/h8-10,13-17H,6-7,11-12H2,1-5H3. The number of fused-ring (bicyclic) bond motifs is 1. The largest absolute Gasteiger partial charge is 0.444 e. The summed E-state index contributed by atoms with van der Waals surface area (Å²) >= 11 is 2.31. The summed E-state index contributed by atoms with van der Waals surface area (Å²) in [6.45, 7) is 11.2. The quantitative estimate of drug-likeness (QED) is 0.404. The number of carbonyl (C=O) groups excluding carboxylic acids is 1. The lowest BCUT2D eigenvalue weighted by Gasteiger charge is -2.44. The molecule has 2 atom stereocenters. The Morgan fingerprint density at radius 2 is 1.88 bits per heavy atom. The number of halogens is 1. The fourth-order valence-corrected chi connectivity index (χ4v) is 5.13. The van der Waals surface area contributed by atoms with Crippen LogP contribution in [0.2, 0.25) is 0 Å². The fourth-order valence-electron chi connectivity index (χ4n) is 4.69. The SMILES string of the molecule is CC1CN(c2ncnc3c2c(C2CC2)cn3-c2cc(I)ccn2)C(C)CN1C(=O)OC(C)(C)C. The molecule has 0 N–H and O–H groups in total. The van der Waals surface area contributed by atoms with E-state index in [9.17, 15) is 4.79 Å². The van der Waals surface area contributed by atoms with Gasteiger partial charge in [0.15, 0.2) is 5.65 Å². The van der Waals surface area contributed by atoms with E-state index < -0.39 is 5.60 Å². The molecule has 1 aliphatic carbocycles. The molecule has 9 heteroatoms. The van der Waals surface area contributed by atoms with E-state index >= 15 is 0 Å². The number of amides is 1. The van der Waals surface area contributed by atoms with E-state index in [-0.39, 0.29) is 18.2 Å². The molecule has 1 aliphatic heterocycles. The predicted octanol–water partition coefficient (Wildman–Crippen LogP) is 5.13. The summed E-state index contributed by atoms with van der Waals surface area (Å²) in [5.74, 6) is 2.34. The van der Waals surface area contributed by atoms with Gasteiger partial charge in [0, 0.05) is 41.1 Å². The molecule has 0 radical (unpaired) electrons. The van der Waals surface area contributed by atoms with Gasteiger partial charge in [0.25, 0.3) is 0 Å². The first-order chi connectivity index (χ1) is 16.1. The molecule has 180 valence electrons. The third-order valence-electron chi connectivity index (χ3n) is 6.45. The van der Waals surface area contributed by atoms with E-state index in [2.05, 4.69) is 63.2 Å². The van der Waals surface area contributed by atoms with Crippen molar-refractivity contribution in [1.29, 1.82) is 0 Å². The topological polar surface area (TPSA) is 76.4 Å². The lowest BCUT2D eigenvalue weighted by atomic mass is 10.1. The molecule has 2 aliphatic rings. The van der Waals surface area contributed by atoms with Crippen LogP contribution >= 0.6 is 22.6 Å². The van der Waals surface area contributed by atoms with Crippen LogP contribution in [0.1, 0.15) is 58.9 Å². The monoisotopic (exact) mass is 574 g/mol. The molecule has 1 saturated carbocycles. The first-order valence-corrected chi connectivity index (χ1v) is 12.9. The van der Waals surface area contributed by atoms with Gasteiger partial charge in [0.2, 0.25) is 0 Å². The van der Waals surface area contributed by atoms with E-state index in [1.165, 1.54) is 18.4 Å². The van der Waals surface area contributed by atoms with Crippen molar-refractivity contribution in [2.45, 2.75) is 71.1 Å². The summed E-state index contributed by atoms with van der Waals surface area (Å²) in [6, 6.07) is 4.15. The molecule has 2 fully saturated rings. The zero-order valence-electron chi connectivity index (χ0n) is 20.3. The van der Waals surface area contributed by atoms with Crippen molar-refractivity contribution in [3.05, 3.63) is 40.0 Å². The average molecular weight is 574 g/mol. The summed E-state index contributed by atoms with van der Waals surface area (Å²) < 4.78 is 8.89. The minimum atomic E-state index is -0.513. The predicted molar refractivity (Wildman–Crippen MR) is 141 cm³/mol. The Morgan fingerprint density at radius 3 is 2.56 bits per heavy atom. The Bertz CT molecular complexity index is 1230. The van der Waals surface area contributed by atoms with Gasteiger partial charge in [-0.25, -0.2) is 19.7 Å². The van der Waals surface area contributed by atoms with Crippen LogP contribution in [0.15, 0.2) is 30.9 Å². The first-order valence-electron chi connectivity index (χ1n) is 11.9. The lowest BCUT2D eigenvalue weighted by Crippen LogP contribution is -2.59. The van der Waals surface area contributed by atoms with Crippen LogP contribution in [0.4, 0.5) is 10.6 Å². The number of anilines is 1. The van der Waals surface area contributed by atoms with Gasteiger partial charge in [-0.3, -0.25) is 4.57 Å². The zero-order chi connectivity index (χ0) is 24.2. The summed E-state index contributed by atoms with van der Waals surface area (Å²) in [6.07, 6.45) is 7.80. The number of pyridine rings is 1. The smallest absolute Gasteiger partial charge is 0.410 e. The summed E-state index contributed by atoms with van der Waals surface area (Å²) in [7, 11) is 0. The molecule has 2 unspecified atom stereocenters. The van der Waals surface area contributed by atoms with Gasteiger partial charge in [0.05, 0.1) is 5.39 Å². The molecular formula is C25H31IN6O2. The third-order valence-corrected chi connectivity index (χ3v) is 7.12. The normalized spacial score (nSPS) is 21.2. The second-order valence-electron chi connectivity index (χ2n) is 10.4. The fraction of sp³-hybridized carbons (Fsp3) is 0.520.